The van der Waals surface area contributed by atoms with Gasteiger partial charge in [-0.25, -0.2) is 14.4 Å². The quantitative estimate of drug-likeness (QED) is 0.898. The van der Waals surface area contributed by atoms with Crippen molar-refractivity contribution in [3.05, 3.63) is 48.2 Å². The van der Waals surface area contributed by atoms with Crippen LogP contribution in [0, 0.1) is 5.82 Å². The van der Waals surface area contributed by atoms with E-state index >= 15 is 0 Å². The van der Waals surface area contributed by atoms with E-state index in [9.17, 15) is 9.18 Å². The largest absolute Gasteiger partial charge is 0.368 e. The van der Waals surface area contributed by atoms with Gasteiger partial charge in [0, 0.05) is 37.9 Å². The molecule has 2 heterocycles. The molecule has 1 saturated heterocycles. The summed E-state index contributed by atoms with van der Waals surface area (Å²) in [7, 11) is 0. The van der Waals surface area contributed by atoms with E-state index < -0.39 is 0 Å². The zero-order chi connectivity index (χ0) is 18.6. The molecule has 1 aliphatic carbocycles. The summed E-state index contributed by atoms with van der Waals surface area (Å²) < 4.78 is 13.1. The molecule has 1 saturated carbocycles. The van der Waals surface area contributed by atoms with Gasteiger partial charge < -0.3 is 15.1 Å². The van der Waals surface area contributed by atoms with Gasteiger partial charge in [-0.05, 0) is 37.1 Å². The van der Waals surface area contributed by atoms with Crippen LogP contribution in [0.1, 0.15) is 36.2 Å². The van der Waals surface area contributed by atoms with E-state index in [0.29, 0.717) is 37.9 Å². The summed E-state index contributed by atoms with van der Waals surface area (Å²) >= 11 is 0. The molecule has 0 radical (unpaired) electrons. The molecule has 142 valence electrons. The Hall–Kier alpha value is -2.70. The van der Waals surface area contributed by atoms with Crippen molar-refractivity contribution in [1.82, 2.24) is 14.9 Å². The molecule has 1 aromatic carbocycles. The summed E-state index contributed by atoms with van der Waals surface area (Å²) in [5.74, 6) is 0.408. The number of carbonyl (C=O) groups is 1. The minimum Gasteiger partial charge on any atom is -0.368 e. The van der Waals surface area contributed by atoms with Crippen molar-refractivity contribution in [3.8, 4) is 0 Å². The van der Waals surface area contributed by atoms with Crippen LogP contribution in [0.4, 0.5) is 15.9 Å². The topological polar surface area (TPSA) is 61.4 Å². The Morgan fingerprint density at radius 2 is 1.70 bits per heavy atom. The minimum absolute atomic E-state index is 0.0892. The Morgan fingerprint density at radius 3 is 2.33 bits per heavy atom. The normalized spacial score (nSPS) is 18.0. The first-order chi connectivity index (χ1) is 13.2. The Bertz CT molecular complexity index is 766. The monoisotopic (exact) mass is 369 g/mol. The average molecular weight is 369 g/mol. The van der Waals surface area contributed by atoms with Crippen LogP contribution in [0.5, 0.6) is 0 Å². The molecule has 27 heavy (non-hydrogen) atoms. The zero-order valence-electron chi connectivity index (χ0n) is 15.3. The fourth-order valence-electron chi connectivity index (χ4n) is 3.77. The first kappa shape index (κ1) is 17.7. The third-order valence-corrected chi connectivity index (χ3v) is 5.34. The predicted octanol–water partition coefficient (Wildman–Crippen LogP) is 2.93. The van der Waals surface area contributed by atoms with Crippen molar-refractivity contribution in [2.45, 2.75) is 31.7 Å². The van der Waals surface area contributed by atoms with Gasteiger partial charge in [-0.2, -0.15) is 0 Å². The van der Waals surface area contributed by atoms with Crippen molar-refractivity contribution in [1.29, 1.82) is 0 Å². The second-order valence-electron chi connectivity index (χ2n) is 7.17. The number of benzene rings is 1. The Kier molecular flexibility index (Phi) is 5.18. The van der Waals surface area contributed by atoms with Crippen LogP contribution in [-0.2, 0) is 0 Å². The highest BCUT2D eigenvalue weighted by Gasteiger charge is 2.23. The van der Waals surface area contributed by atoms with Crippen LogP contribution in [-0.4, -0.2) is 53.0 Å². The molecule has 2 aliphatic rings. The molecule has 1 N–H and O–H groups in total. The molecule has 2 aromatic rings. The molecular weight excluding hydrogens is 345 g/mol. The molecule has 0 bridgehead atoms. The van der Waals surface area contributed by atoms with E-state index in [0.717, 1.165) is 11.5 Å². The third-order valence-electron chi connectivity index (χ3n) is 5.34. The third kappa shape index (κ3) is 4.18. The standard InChI is InChI=1S/C20H24FN5O/c21-15-5-7-17(8-6-15)25-9-11-26(12-10-25)20(27)18-13-23-19(14-22-18)24-16-3-1-2-4-16/h5-8,13-14,16H,1-4,9-12H2,(H,23,24). The molecular formula is C20H24FN5O. The van der Waals surface area contributed by atoms with E-state index in [2.05, 4.69) is 20.2 Å². The van der Waals surface area contributed by atoms with Crippen LogP contribution in [0.3, 0.4) is 0 Å². The fraction of sp³-hybridized carbons (Fsp3) is 0.450. The summed E-state index contributed by atoms with van der Waals surface area (Å²) in [6.07, 6.45) is 8.06. The highest BCUT2D eigenvalue weighted by atomic mass is 19.1. The predicted molar refractivity (Wildman–Crippen MR) is 102 cm³/mol. The number of aromatic nitrogens is 2. The lowest BCUT2D eigenvalue weighted by atomic mass is 10.2. The number of piperazine rings is 1. The van der Waals surface area contributed by atoms with Gasteiger partial charge in [-0.3, -0.25) is 4.79 Å². The summed E-state index contributed by atoms with van der Waals surface area (Å²) in [5, 5.41) is 3.38. The smallest absolute Gasteiger partial charge is 0.274 e. The first-order valence-electron chi connectivity index (χ1n) is 9.57. The van der Waals surface area contributed by atoms with Gasteiger partial charge in [-0.15, -0.1) is 0 Å². The number of hydrogen-bond acceptors (Lipinski definition) is 5. The number of nitrogens with one attached hydrogen (secondary N) is 1. The van der Waals surface area contributed by atoms with Gasteiger partial charge in [0.1, 0.15) is 17.3 Å². The van der Waals surface area contributed by atoms with Gasteiger partial charge in [0.05, 0.1) is 12.4 Å². The number of hydrogen-bond donors (Lipinski definition) is 1. The summed E-state index contributed by atoms with van der Waals surface area (Å²) in [6, 6.07) is 6.94. The Labute approximate surface area is 158 Å². The SMILES string of the molecule is O=C(c1cnc(NC2CCCC2)cn1)N1CCN(c2ccc(F)cc2)CC1. The lowest BCUT2D eigenvalue weighted by Gasteiger charge is -2.36. The van der Waals surface area contributed by atoms with Crippen molar-refractivity contribution in [2.24, 2.45) is 0 Å². The maximum absolute atomic E-state index is 13.1. The molecule has 1 amide bonds. The van der Waals surface area contributed by atoms with Crippen molar-refractivity contribution < 1.29 is 9.18 Å². The highest BCUT2D eigenvalue weighted by molar-refractivity contribution is 5.92. The Balaban J connectivity index is 1.32. The second-order valence-corrected chi connectivity index (χ2v) is 7.17. The molecule has 4 rings (SSSR count). The van der Waals surface area contributed by atoms with Crippen LogP contribution in [0.2, 0.25) is 0 Å². The number of rotatable bonds is 4. The zero-order valence-corrected chi connectivity index (χ0v) is 15.3. The van der Waals surface area contributed by atoms with Gasteiger partial charge in [0.15, 0.2) is 0 Å². The van der Waals surface area contributed by atoms with Crippen molar-refractivity contribution in [2.75, 3.05) is 36.4 Å². The molecule has 7 heteroatoms. The van der Waals surface area contributed by atoms with Gasteiger partial charge in [0.25, 0.3) is 5.91 Å². The number of anilines is 2. The first-order valence-corrected chi connectivity index (χ1v) is 9.57. The Morgan fingerprint density at radius 1 is 1.00 bits per heavy atom. The molecule has 2 fully saturated rings. The molecule has 0 atom stereocenters. The van der Waals surface area contributed by atoms with Gasteiger partial charge in [-0.1, -0.05) is 12.8 Å². The lowest BCUT2D eigenvalue weighted by Crippen LogP contribution is -2.49. The average Bonchev–Trinajstić information content (AvgIpc) is 3.22. The van der Waals surface area contributed by atoms with Crippen LogP contribution < -0.4 is 10.2 Å². The maximum atomic E-state index is 13.1. The van der Waals surface area contributed by atoms with Crippen molar-refractivity contribution >= 4 is 17.4 Å². The minimum atomic E-state index is -0.239. The molecule has 0 unspecified atom stereocenters. The van der Waals surface area contributed by atoms with Crippen LogP contribution in [0.25, 0.3) is 0 Å². The second kappa shape index (κ2) is 7.90. The number of halogens is 1. The number of amides is 1. The van der Waals surface area contributed by atoms with E-state index in [1.165, 1.54) is 37.8 Å². The van der Waals surface area contributed by atoms with E-state index in [1.54, 1.807) is 29.4 Å². The fourth-order valence-corrected chi connectivity index (χ4v) is 3.77. The lowest BCUT2D eigenvalue weighted by molar-refractivity contribution is 0.0740. The van der Waals surface area contributed by atoms with Crippen molar-refractivity contribution in [3.63, 3.8) is 0 Å². The van der Waals surface area contributed by atoms with E-state index in [1.807, 2.05) is 0 Å². The summed E-state index contributed by atoms with van der Waals surface area (Å²) in [6.45, 7) is 2.65. The number of nitrogens with zero attached hydrogens (tertiary/aromatic N) is 4. The maximum Gasteiger partial charge on any atom is 0.274 e. The van der Waals surface area contributed by atoms with E-state index in [-0.39, 0.29) is 11.7 Å². The molecule has 1 aromatic heterocycles. The molecule has 1 aliphatic heterocycles. The van der Waals surface area contributed by atoms with Crippen LogP contribution in [0.15, 0.2) is 36.7 Å². The summed E-state index contributed by atoms with van der Waals surface area (Å²) in [5.41, 5.74) is 1.35. The van der Waals surface area contributed by atoms with Gasteiger partial charge in [0.2, 0.25) is 0 Å². The van der Waals surface area contributed by atoms with Crippen LogP contribution >= 0.6 is 0 Å². The highest BCUT2D eigenvalue weighted by Crippen LogP contribution is 2.21. The molecule has 0 spiro atoms. The van der Waals surface area contributed by atoms with Gasteiger partial charge >= 0.3 is 0 Å². The molecule has 6 nitrogen and oxygen atoms in total. The number of carbonyl (C=O) groups excluding carboxylic acids is 1. The van der Waals surface area contributed by atoms with E-state index in [4.69, 9.17) is 0 Å². The summed E-state index contributed by atoms with van der Waals surface area (Å²) in [4.78, 5) is 25.3.